The highest BCUT2D eigenvalue weighted by atomic mass is 16.1. The van der Waals surface area contributed by atoms with Gasteiger partial charge in [-0.25, -0.2) is 0 Å². The molecule has 160 valence electrons. The van der Waals surface area contributed by atoms with Gasteiger partial charge in [0.1, 0.15) is 0 Å². The monoisotopic (exact) mass is 396 g/mol. The molecule has 0 bridgehead atoms. The standard InChI is InChI=1S/C26H38N2O.H2/c1-6-16-28-17-8-7-9-24(28)23-15-10-20(18-19(23)2)25(29)27-22-13-11-21(12-14-22)26(3,4)5;/h10-15,18-19,23-24H,6-9,16-17H2,1-5H3,(H,27,29);1H. The van der Waals surface area contributed by atoms with E-state index in [0.717, 1.165) is 11.3 Å². The minimum Gasteiger partial charge on any atom is -0.322 e. The van der Waals surface area contributed by atoms with Crippen molar-refractivity contribution in [1.29, 1.82) is 0 Å². The van der Waals surface area contributed by atoms with Gasteiger partial charge < -0.3 is 5.32 Å². The number of amides is 1. The summed E-state index contributed by atoms with van der Waals surface area (Å²) in [7, 11) is 0. The van der Waals surface area contributed by atoms with Gasteiger partial charge in [-0.1, -0.05) is 71.4 Å². The molecule has 1 aromatic carbocycles. The molecule has 1 aromatic rings. The molecule has 1 fully saturated rings. The molecule has 1 amide bonds. The molecule has 3 nitrogen and oxygen atoms in total. The van der Waals surface area contributed by atoms with Crippen molar-refractivity contribution < 1.29 is 6.22 Å². The van der Waals surface area contributed by atoms with Crippen molar-refractivity contribution in [2.45, 2.75) is 71.8 Å². The van der Waals surface area contributed by atoms with Gasteiger partial charge in [0.15, 0.2) is 0 Å². The van der Waals surface area contributed by atoms with Crippen molar-refractivity contribution in [1.82, 2.24) is 4.90 Å². The summed E-state index contributed by atoms with van der Waals surface area (Å²) in [6.07, 6.45) is 11.6. The van der Waals surface area contributed by atoms with Gasteiger partial charge in [-0.05, 0) is 67.3 Å². The number of rotatable bonds is 5. The Hall–Kier alpha value is -1.87. The van der Waals surface area contributed by atoms with Crippen molar-refractivity contribution >= 4 is 11.6 Å². The Kier molecular flexibility index (Phi) is 7.00. The Morgan fingerprint density at radius 3 is 2.55 bits per heavy atom. The SMILES string of the molecule is CCCN1CCCCC1C1C=CC(C(=O)Nc2ccc(C(C)(C)C)cc2)=CC1C.[HH]. The normalized spacial score (nSPS) is 25.6. The minimum atomic E-state index is -0.0101. The summed E-state index contributed by atoms with van der Waals surface area (Å²) in [6.45, 7) is 13.5. The highest BCUT2D eigenvalue weighted by Gasteiger charge is 2.32. The molecule has 0 radical (unpaired) electrons. The van der Waals surface area contributed by atoms with Crippen molar-refractivity contribution in [2.24, 2.45) is 11.8 Å². The summed E-state index contributed by atoms with van der Waals surface area (Å²) < 4.78 is 0. The van der Waals surface area contributed by atoms with Crippen molar-refractivity contribution in [2.75, 3.05) is 18.4 Å². The number of likely N-dealkylation sites (tertiary alicyclic amines) is 1. The number of carbonyl (C=O) groups is 1. The molecule has 0 saturated carbocycles. The second kappa shape index (κ2) is 9.30. The van der Waals surface area contributed by atoms with Crippen LogP contribution in [-0.4, -0.2) is 29.9 Å². The number of allylic oxidation sites excluding steroid dienone is 1. The maximum absolute atomic E-state index is 12.8. The van der Waals surface area contributed by atoms with Crippen molar-refractivity contribution in [3.05, 3.63) is 53.6 Å². The average molecular weight is 397 g/mol. The van der Waals surface area contributed by atoms with Gasteiger partial charge in [0.05, 0.1) is 0 Å². The Labute approximate surface area is 178 Å². The average Bonchev–Trinajstić information content (AvgIpc) is 2.68. The summed E-state index contributed by atoms with van der Waals surface area (Å²) in [4.78, 5) is 15.5. The van der Waals surface area contributed by atoms with Gasteiger partial charge in [0.25, 0.3) is 5.91 Å². The van der Waals surface area contributed by atoms with Crippen LogP contribution in [0.4, 0.5) is 5.69 Å². The first-order chi connectivity index (χ1) is 13.8. The van der Waals surface area contributed by atoms with Gasteiger partial charge in [-0.15, -0.1) is 0 Å². The van der Waals surface area contributed by atoms with E-state index < -0.39 is 0 Å². The maximum Gasteiger partial charge on any atom is 0.255 e. The zero-order valence-electron chi connectivity index (χ0n) is 18.9. The molecule has 0 aromatic heterocycles. The van der Waals surface area contributed by atoms with E-state index in [2.05, 4.69) is 69.1 Å². The van der Waals surface area contributed by atoms with Gasteiger partial charge >= 0.3 is 0 Å². The number of nitrogens with one attached hydrogen (secondary N) is 1. The van der Waals surface area contributed by atoms with Crippen LogP contribution in [0.25, 0.3) is 0 Å². The third-order valence-electron chi connectivity index (χ3n) is 6.44. The molecule has 3 heteroatoms. The fourth-order valence-corrected chi connectivity index (χ4v) is 4.74. The van der Waals surface area contributed by atoms with Gasteiger partial charge in [0.2, 0.25) is 0 Å². The molecule has 3 atom stereocenters. The Morgan fingerprint density at radius 1 is 1.21 bits per heavy atom. The van der Waals surface area contributed by atoms with Crippen LogP contribution >= 0.6 is 0 Å². The van der Waals surface area contributed by atoms with Crippen LogP contribution in [0.3, 0.4) is 0 Å². The molecule has 3 unspecified atom stereocenters. The van der Waals surface area contributed by atoms with E-state index in [1.54, 1.807) is 0 Å². The molecular formula is C26H40N2O. The van der Waals surface area contributed by atoms with Gasteiger partial charge in [-0.2, -0.15) is 0 Å². The third kappa shape index (κ3) is 5.39. The maximum atomic E-state index is 12.8. The second-order valence-corrected chi connectivity index (χ2v) is 9.80. The molecule has 1 aliphatic heterocycles. The van der Waals surface area contributed by atoms with Crippen LogP contribution in [-0.2, 0) is 10.2 Å². The lowest BCUT2D eigenvalue weighted by Crippen LogP contribution is -2.46. The molecule has 1 heterocycles. The summed E-state index contributed by atoms with van der Waals surface area (Å²) >= 11 is 0. The van der Waals surface area contributed by atoms with Crippen LogP contribution in [0.15, 0.2) is 48.1 Å². The minimum absolute atomic E-state index is 0. The van der Waals surface area contributed by atoms with Crippen molar-refractivity contribution in [3.63, 3.8) is 0 Å². The van der Waals surface area contributed by atoms with Gasteiger partial charge in [0, 0.05) is 18.7 Å². The molecule has 29 heavy (non-hydrogen) atoms. The van der Waals surface area contributed by atoms with E-state index in [9.17, 15) is 4.79 Å². The number of hydrogen-bond acceptors (Lipinski definition) is 2. The smallest absolute Gasteiger partial charge is 0.255 e. The zero-order valence-corrected chi connectivity index (χ0v) is 18.9. The molecule has 1 aliphatic carbocycles. The lowest BCUT2D eigenvalue weighted by Gasteiger charge is -2.42. The van der Waals surface area contributed by atoms with Crippen LogP contribution < -0.4 is 5.32 Å². The number of carbonyl (C=O) groups excluding carboxylic acids is 1. The van der Waals surface area contributed by atoms with Crippen LogP contribution in [0, 0.1) is 11.8 Å². The van der Waals surface area contributed by atoms with E-state index >= 15 is 0 Å². The molecular weight excluding hydrogens is 356 g/mol. The number of benzene rings is 1. The quantitative estimate of drug-likeness (QED) is 0.644. The fraction of sp³-hybridized carbons (Fsp3) is 0.577. The van der Waals surface area contributed by atoms with Crippen LogP contribution in [0.1, 0.15) is 67.3 Å². The largest absolute Gasteiger partial charge is 0.322 e. The summed E-state index contributed by atoms with van der Waals surface area (Å²) in [5, 5.41) is 3.07. The topological polar surface area (TPSA) is 32.3 Å². The predicted octanol–water partition coefficient (Wildman–Crippen LogP) is 6.18. The molecule has 3 rings (SSSR count). The van der Waals surface area contributed by atoms with E-state index in [0.29, 0.717) is 17.9 Å². The third-order valence-corrected chi connectivity index (χ3v) is 6.44. The van der Waals surface area contributed by atoms with Crippen LogP contribution in [0.5, 0.6) is 0 Å². The first-order valence-corrected chi connectivity index (χ1v) is 11.4. The summed E-state index contributed by atoms with van der Waals surface area (Å²) in [5.41, 5.74) is 3.03. The molecule has 0 spiro atoms. The Bertz CT molecular complexity index is 758. The number of piperidine rings is 1. The van der Waals surface area contributed by atoms with E-state index in [1.807, 2.05) is 18.2 Å². The summed E-state index contributed by atoms with van der Waals surface area (Å²) in [6, 6.07) is 8.82. The predicted molar refractivity (Wildman–Crippen MR) is 125 cm³/mol. The Morgan fingerprint density at radius 2 is 1.93 bits per heavy atom. The van der Waals surface area contributed by atoms with Crippen molar-refractivity contribution in [3.8, 4) is 0 Å². The number of hydrogen-bond donors (Lipinski definition) is 1. The highest BCUT2D eigenvalue weighted by molar-refractivity contribution is 6.05. The first kappa shape index (κ1) is 21.8. The lowest BCUT2D eigenvalue weighted by molar-refractivity contribution is -0.112. The lowest BCUT2D eigenvalue weighted by atomic mass is 9.78. The van der Waals surface area contributed by atoms with Crippen LogP contribution in [0.2, 0.25) is 0 Å². The van der Waals surface area contributed by atoms with E-state index in [1.165, 1.54) is 44.3 Å². The summed E-state index contributed by atoms with van der Waals surface area (Å²) in [5.74, 6) is 0.875. The second-order valence-electron chi connectivity index (χ2n) is 9.80. The zero-order chi connectivity index (χ0) is 21.0. The number of anilines is 1. The first-order valence-electron chi connectivity index (χ1n) is 11.4. The number of nitrogens with zero attached hydrogens (tertiary/aromatic N) is 1. The van der Waals surface area contributed by atoms with E-state index in [4.69, 9.17) is 0 Å². The molecule has 1 saturated heterocycles. The molecule has 2 aliphatic rings. The van der Waals surface area contributed by atoms with E-state index in [-0.39, 0.29) is 12.7 Å². The van der Waals surface area contributed by atoms with Gasteiger partial charge in [-0.3, -0.25) is 9.69 Å². The fourth-order valence-electron chi connectivity index (χ4n) is 4.74. The highest BCUT2D eigenvalue weighted by Crippen LogP contribution is 2.33. The molecule has 1 N–H and O–H groups in total. The Balaban J connectivity index is 0.00000320.